The van der Waals surface area contributed by atoms with E-state index in [2.05, 4.69) is 17.1 Å². The Morgan fingerprint density at radius 3 is 3.00 bits per heavy atom. The van der Waals surface area contributed by atoms with Crippen molar-refractivity contribution in [1.29, 1.82) is 0 Å². The minimum atomic E-state index is -0.373. The lowest BCUT2D eigenvalue weighted by Gasteiger charge is -2.11. The summed E-state index contributed by atoms with van der Waals surface area (Å²) in [6, 6.07) is 10.3. The van der Waals surface area contributed by atoms with Gasteiger partial charge in [0.15, 0.2) is 0 Å². The fourth-order valence-electron chi connectivity index (χ4n) is 2.45. The van der Waals surface area contributed by atoms with E-state index in [1.165, 1.54) is 10.9 Å². The van der Waals surface area contributed by atoms with Crippen molar-refractivity contribution in [1.82, 2.24) is 4.98 Å². The highest BCUT2D eigenvalue weighted by atomic mass is 16.3. The van der Waals surface area contributed by atoms with Crippen molar-refractivity contribution < 1.29 is 5.11 Å². The van der Waals surface area contributed by atoms with Gasteiger partial charge in [0.2, 0.25) is 0 Å². The molecule has 1 aromatic heterocycles. The van der Waals surface area contributed by atoms with Crippen LogP contribution in [-0.4, -0.2) is 10.1 Å². The van der Waals surface area contributed by atoms with E-state index in [1.54, 1.807) is 0 Å². The number of hydrogen-bond acceptors (Lipinski definition) is 2. The molecule has 0 radical (unpaired) electrons. The van der Waals surface area contributed by atoms with Gasteiger partial charge < -0.3 is 5.11 Å². The number of para-hydroxylation sites is 1. The summed E-state index contributed by atoms with van der Waals surface area (Å²) >= 11 is 0. The average molecular weight is 213 g/mol. The largest absolute Gasteiger partial charge is 0.387 e. The van der Waals surface area contributed by atoms with Crippen LogP contribution in [0.15, 0.2) is 30.3 Å². The minimum Gasteiger partial charge on any atom is -0.387 e. The first-order valence-corrected chi connectivity index (χ1v) is 5.91. The summed E-state index contributed by atoms with van der Waals surface area (Å²) in [4.78, 5) is 4.61. The van der Waals surface area contributed by atoms with Crippen molar-refractivity contribution in [2.45, 2.75) is 31.8 Å². The molecule has 3 rings (SSSR count). The second kappa shape index (κ2) is 3.87. The fraction of sp³-hybridized carbons (Fsp3) is 0.357. The molecule has 1 unspecified atom stereocenters. The van der Waals surface area contributed by atoms with Crippen LogP contribution >= 0.6 is 0 Å². The number of aliphatic hydroxyl groups excluding tert-OH is 1. The summed E-state index contributed by atoms with van der Waals surface area (Å²) in [6.07, 6.45) is 3.77. The van der Waals surface area contributed by atoms with Gasteiger partial charge in [-0.3, -0.25) is 0 Å². The van der Waals surface area contributed by atoms with Gasteiger partial charge in [-0.1, -0.05) is 24.6 Å². The Morgan fingerprint density at radius 2 is 2.06 bits per heavy atom. The molecule has 0 amide bonds. The van der Waals surface area contributed by atoms with Gasteiger partial charge in [-0.05, 0) is 37.0 Å². The lowest BCUT2D eigenvalue weighted by Crippen LogP contribution is -2.02. The van der Waals surface area contributed by atoms with E-state index in [4.69, 9.17) is 0 Å². The van der Waals surface area contributed by atoms with Crippen molar-refractivity contribution in [3.8, 4) is 0 Å². The Kier molecular flexibility index (Phi) is 2.37. The van der Waals surface area contributed by atoms with Crippen LogP contribution in [-0.2, 0) is 6.42 Å². The molecule has 2 nitrogen and oxygen atoms in total. The SMILES string of the molecule is OC1CCCCc2cc3ccccc3nc21. The number of rotatable bonds is 0. The predicted octanol–water partition coefficient (Wildman–Crippen LogP) is 2.99. The van der Waals surface area contributed by atoms with Crippen LogP contribution in [0.2, 0.25) is 0 Å². The first-order chi connectivity index (χ1) is 7.84. The maximum Gasteiger partial charge on any atom is 0.0962 e. The highest BCUT2D eigenvalue weighted by molar-refractivity contribution is 5.79. The van der Waals surface area contributed by atoms with E-state index in [0.717, 1.165) is 36.9 Å². The number of aryl methyl sites for hydroxylation is 1. The van der Waals surface area contributed by atoms with E-state index in [9.17, 15) is 5.11 Å². The van der Waals surface area contributed by atoms with Crippen LogP contribution < -0.4 is 0 Å². The van der Waals surface area contributed by atoms with Gasteiger partial charge in [-0.2, -0.15) is 0 Å². The first kappa shape index (κ1) is 9.79. The molecule has 1 aliphatic carbocycles. The van der Waals surface area contributed by atoms with Crippen LogP contribution in [0.3, 0.4) is 0 Å². The van der Waals surface area contributed by atoms with Gasteiger partial charge in [-0.15, -0.1) is 0 Å². The number of hydrogen-bond donors (Lipinski definition) is 1. The quantitative estimate of drug-likeness (QED) is 0.682. The zero-order valence-corrected chi connectivity index (χ0v) is 9.19. The van der Waals surface area contributed by atoms with Crippen LogP contribution in [0.5, 0.6) is 0 Å². The number of fused-ring (bicyclic) bond motifs is 2. The highest BCUT2D eigenvalue weighted by Crippen LogP contribution is 2.29. The summed E-state index contributed by atoms with van der Waals surface area (Å²) in [5, 5.41) is 11.2. The lowest BCUT2D eigenvalue weighted by atomic mass is 10.0. The summed E-state index contributed by atoms with van der Waals surface area (Å²) < 4.78 is 0. The third kappa shape index (κ3) is 1.59. The van der Waals surface area contributed by atoms with E-state index in [0.29, 0.717) is 0 Å². The molecule has 16 heavy (non-hydrogen) atoms. The number of aliphatic hydroxyl groups is 1. The molecule has 1 N–H and O–H groups in total. The Labute approximate surface area is 94.9 Å². The Bertz CT molecular complexity index is 521. The highest BCUT2D eigenvalue weighted by Gasteiger charge is 2.18. The third-order valence-electron chi connectivity index (χ3n) is 3.33. The molecule has 2 heteroatoms. The Morgan fingerprint density at radius 1 is 1.19 bits per heavy atom. The summed E-state index contributed by atoms with van der Waals surface area (Å²) in [7, 11) is 0. The van der Waals surface area contributed by atoms with Crippen molar-refractivity contribution in [3.05, 3.63) is 41.6 Å². The molecular formula is C14H15NO. The van der Waals surface area contributed by atoms with Gasteiger partial charge >= 0.3 is 0 Å². The van der Waals surface area contributed by atoms with Crippen molar-refractivity contribution >= 4 is 10.9 Å². The maximum absolute atomic E-state index is 10.0. The molecular weight excluding hydrogens is 198 g/mol. The number of pyridine rings is 1. The molecule has 1 aliphatic rings. The Balaban J connectivity index is 2.22. The smallest absolute Gasteiger partial charge is 0.0962 e. The van der Waals surface area contributed by atoms with Gasteiger partial charge in [-0.25, -0.2) is 4.98 Å². The maximum atomic E-state index is 10.0. The number of benzene rings is 1. The molecule has 0 saturated carbocycles. The first-order valence-electron chi connectivity index (χ1n) is 5.91. The second-order valence-electron chi connectivity index (χ2n) is 4.49. The van der Waals surface area contributed by atoms with Gasteiger partial charge in [0, 0.05) is 5.39 Å². The molecule has 0 spiro atoms. The predicted molar refractivity (Wildman–Crippen MR) is 64.3 cm³/mol. The van der Waals surface area contributed by atoms with Crippen LogP contribution in [0.1, 0.15) is 36.6 Å². The summed E-state index contributed by atoms with van der Waals surface area (Å²) in [5.74, 6) is 0. The number of aromatic nitrogens is 1. The summed E-state index contributed by atoms with van der Waals surface area (Å²) in [6.45, 7) is 0. The molecule has 1 aromatic carbocycles. The van der Waals surface area contributed by atoms with Gasteiger partial charge in [0.25, 0.3) is 0 Å². The molecule has 0 fully saturated rings. The van der Waals surface area contributed by atoms with Gasteiger partial charge in [0.1, 0.15) is 0 Å². The average Bonchev–Trinajstić information content (AvgIpc) is 2.49. The monoisotopic (exact) mass is 213 g/mol. The molecule has 82 valence electrons. The zero-order chi connectivity index (χ0) is 11.0. The molecule has 1 atom stereocenters. The normalized spacial score (nSPS) is 20.4. The second-order valence-corrected chi connectivity index (χ2v) is 4.49. The Hall–Kier alpha value is -1.41. The van der Waals surface area contributed by atoms with Crippen LogP contribution in [0, 0.1) is 0 Å². The van der Waals surface area contributed by atoms with Crippen molar-refractivity contribution in [3.63, 3.8) is 0 Å². The minimum absolute atomic E-state index is 0.373. The number of nitrogens with zero attached hydrogens (tertiary/aromatic N) is 1. The zero-order valence-electron chi connectivity index (χ0n) is 9.19. The summed E-state index contributed by atoms with van der Waals surface area (Å²) in [5.41, 5.74) is 3.11. The van der Waals surface area contributed by atoms with E-state index < -0.39 is 0 Å². The van der Waals surface area contributed by atoms with E-state index in [1.807, 2.05) is 18.2 Å². The third-order valence-corrected chi connectivity index (χ3v) is 3.33. The lowest BCUT2D eigenvalue weighted by molar-refractivity contribution is 0.162. The topological polar surface area (TPSA) is 33.1 Å². The standard InChI is InChI=1S/C14H15NO/c16-13-8-4-2-6-11-9-10-5-1-3-7-12(10)15-14(11)13/h1,3,5,7,9,13,16H,2,4,6,8H2. The molecule has 0 aliphatic heterocycles. The van der Waals surface area contributed by atoms with Crippen molar-refractivity contribution in [2.75, 3.05) is 0 Å². The van der Waals surface area contributed by atoms with Crippen LogP contribution in [0.4, 0.5) is 0 Å². The van der Waals surface area contributed by atoms with Gasteiger partial charge in [0.05, 0.1) is 17.3 Å². The fourth-order valence-corrected chi connectivity index (χ4v) is 2.45. The van der Waals surface area contributed by atoms with E-state index >= 15 is 0 Å². The van der Waals surface area contributed by atoms with Crippen molar-refractivity contribution in [2.24, 2.45) is 0 Å². The molecule has 1 heterocycles. The molecule has 0 saturated heterocycles. The molecule has 2 aromatic rings. The van der Waals surface area contributed by atoms with E-state index in [-0.39, 0.29) is 6.10 Å². The molecule has 0 bridgehead atoms. The van der Waals surface area contributed by atoms with Crippen LogP contribution in [0.25, 0.3) is 10.9 Å².